The maximum absolute atomic E-state index is 12.6. The average molecular weight is 326 g/mol. The second kappa shape index (κ2) is 6.80. The first kappa shape index (κ1) is 16.7. The zero-order chi connectivity index (χ0) is 17.3. The first-order valence-electron chi connectivity index (χ1n) is 8.86. The molecule has 128 valence electrons. The molecule has 1 heterocycles. The van der Waals surface area contributed by atoms with Crippen LogP contribution in [0.2, 0.25) is 0 Å². The Bertz CT molecular complexity index is 678. The predicted molar refractivity (Wildman–Crippen MR) is 96.7 cm³/mol. The summed E-state index contributed by atoms with van der Waals surface area (Å²) in [6.07, 6.45) is 2.82. The van der Waals surface area contributed by atoms with E-state index in [2.05, 4.69) is 42.8 Å². The van der Waals surface area contributed by atoms with E-state index in [1.165, 1.54) is 5.56 Å². The second-order valence-electron chi connectivity index (χ2n) is 7.12. The fraction of sp³-hybridized carbons (Fsp3) is 0.500. The molecule has 0 spiro atoms. The number of hydrogen-bond donors (Lipinski definition) is 1. The van der Waals surface area contributed by atoms with Crippen LogP contribution in [0.5, 0.6) is 0 Å². The number of carbonyl (C=O) groups is 2. The Morgan fingerprint density at radius 3 is 2.75 bits per heavy atom. The van der Waals surface area contributed by atoms with Crippen molar-refractivity contribution >= 4 is 23.0 Å². The Morgan fingerprint density at radius 2 is 2.00 bits per heavy atom. The van der Waals surface area contributed by atoms with Crippen LogP contribution in [0.4, 0.5) is 5.69 Å². The summed E-state index contributed by atoms with van der Waals surface area (Å²) in [6, 6.07) is 6.31. The lowest BCUT2D eigenvalue weighted by Gasteiger charge is -2.30. The van der Waals surface area contributed by atoms with Gasteiger partial charge in [0.25, 0.3) is 0 Å². The summed E-state index contributed by atoms with van der Waals surface area (Å²) in [7, 11) is 0. The molecule has 1 fully saturated rings. The number of rotatable bonds is 3. The van der Waals surface area contributed by atoms with Crippen LogP contribution in [0.15, 0.2) is 24.8 Å². The molecule has 1 N–H and O–H groups in total. The van der Waals surface area contributed by atoms with Gasteiger partial charge in [-0.3, -0.25) is 9.59 Å². The highest BCUT2D eigenvalue weighted by atomic mass is 16.1. The zero-order valence-corrected chi connectivity index (χ0v) is 14.6. The molecule has 0 aromatic heterocycles. The number of Topliss-reactive ketones (excluding diaryl/α,β-unsaturated/α-hetero) is 2. The van der Waals surface area contributed by atoms with E-state index in [1.54, 1.807) is 0 Å². The number of nitrogens with one attached hydrogen (secondary N) is 1. The third-order valence-electron chi connectivity index (χ3n) is 4.93. The lowest BCUT2D eigenvalue weighted by Crippen LogP contribution is -2.38. The van der Waals surface area contributed by atoms with Crippen LogP contribution in [-0.2, 0) is 16.1 Å². The van der Waals surface area contributed by atoms with Crippen LogP contribution in [0, 0.1) is 0 Å². The Labute approximate surface area is 143 Å². The van der Waals surface area contributed by atoms with E-state index in [9.17, 15) is 9.59 Å². The van der Waals surface area contributed by atoms with Crippen LogP contribution in [-0.4, -0.2) is 28.6 Å². The van der Waals surface area contributed by atoms with Gasteiger partial charge in [0, 0.05) is 54.4 Å². The van der Waals surface area contributed by atoms with Crippen molar-refractivity contribution in [2.75, 3.05) is 5.32 Å². The molecular formula is C20H26N2O2. The van der Waals surface area contributed by atoms with Gasteiger partial charge in [-0.05, 0) is 32.8 Å². The van der Waals surface area contributed by atoms with Gasteiger partial charge in [0.1, 0.15) is 5.78 Å². The molecule has 4 nitrogen and oxygen atoms in total. The van der Waals surface area contributed by atoms with Gasteiger partial charge >= 0.3 is 0 Å². The summed E-state index contributed by atoms with van der Waals surface area (Å²) in [4.78, 5) is 26.5. The number of fused-ring (bicyclic) bond motifs is 1. The fourth-order valence-electron chi connectivity index (χ4n) is 3.73. The minimum Gasteiger partial charge on any atom is -0.383 e. The minimum absolute atomic E-state index is 0.221. The van der Waals surface area contributed by atoms with E-state index in [1.807, 2.05) is 6.07 Å². The topological polar surface area (TPSA) is 49.4 Å². The third-order valence-corrected chi connectivity index (χ3v) is 4.93. The van der Waals surface area contributed by atoms with E-state index >= 15 is 0 Å². The molecule has 1 aromatic carbocycles. The zero-order valence-electron chi connectivity index (χ0n) is 14.6. The van der Waals surface area contributed by atoms with Gasteiger partial charge in [0.15, 0.2) is 5.78 Å². The first-order valence-corrected chi connectivity index (χ1v) is 8.86. The molecule has 1 saturated carbocycles. The number of ketones is 2. The maximum Gasteiger partial charge on any atom is 0.155 e. The highest BCUT2D eigenvalue weighted by Gasteiger charge is 2.34. The first-order chi connectivity index (χ1) is 11.5. The molecule has 2 aliphatic rings. The number of hydrogen-bond acceptors (Lipinski definition) is 4. The van der Waals surface area contributed by atoms with Crippen LogP contribution >= 0.6 is 0 Å². The largest absolute Gasteiger partial charge is 0.383 e. The summed E-state index contributed by atoms with van der Waals surface area (Å²) >= 11 is 0. The van der Waals surface area contributed by atoms with E-state index in [0.717, 1.165) is 16.9 Å². The SMILES string of the molecule is C=C1c2cccc(NC(C)C)c2CN1C1CCC(=O)CCCC1=O. The van der Waals surface area contributed by atoms with Gasteiger partial charge in [-0.2, -0.15) is 0 Å². The second-order valence-corrected chi connectivity index (χ2v) is 7.12. The summed E-state index contributed by atoms with van der Waals surface area (Å²) < 4.78 is 0. The molecule has 0 radical (unpaired) electrons. The van der Waals surface area contributed by atoms with Crippen molar-refractivity contribution in [2.24, 2.45) is 0 Å². The molecule has 24 heavy (non-hydrogen) atoms. The van der Waals surface area contributed by atoms with Gasteiger partial charge in [-0.25, -0.2) is 0 Å². The normalized spacial score (nSPS) is 21.7. The molecular weight excluding hydrogens is 300 g/mol. The van der Waals surface area contributed by atoms with Gasteiger partial charge in [0.05, 0.1) is 6.04 Å². The number of nitrogens with zero attached hydrogens (tertiary/aromatic N) is 1. The molecule has 1 atom stereocenters. The van der Waals surface area contributed by atoms with Gasteiger partial charge < -0.3 is 10.2 Å². The lowest BCUT2D eigenvalue weighted by atomic mass is 9.93. The number of benzene rings is 1. The van der Waals surface area contributed by atoms with Gasteiger partial charge in [-0.1, -0.05) is 18.7 Å². The highest BCUT2D eigenvalue weighted by molar-refractivity contribution is 5.89. The van der Waals surface area contributed by atoms with Crippen molar-refractivity contribution in [1.82, 2.24) is 4.90 Å². The molecule has 1 aromatic rings. The predicted octanol–water partition coefficient (Wildman–Crippen LogP) is 3.76. The summed E-state index contributed by atoms with van der Waals surface area (Å²) in [5.74, 6) is 0.520. The van der Waals surface area contributed by atoms with Crippen molar-refractivity contribution < 1.29 is 9.59 Å². The van der Waals surface area contributed by atoms with Crippen molar-refractivity contribution in [3.63, 3.8) is 0 Å². The number of anilines is 1. The van der Waals surface area contributed by atoms with E-state index < -0.39 is 0 Å². The summed E-state index contributed by atoms with van der Waals surface area (Å²) in [6.45, 7) is 9.16. The molecule has 1 aliphatic heterocycles. The Kier molecular flexibility index (Phi) is 4.74. The third kappa shape index (κ3) is 3.23. The monoisotopic (exact) mass is 326 g/mol. The molecule has 0 amide bonds. The van der Waals surface area contributed by atoms with Gasteiger partial charge in [-0.15, -0.1) is 0 Å². The summed E-state index contributed by atoms with van der Waals surface area (Å²) in [5, 5.41) is 3.48. The van der Waals surface area contributed by atoms with Crippen LogP contribution < -0.4 is 5.32 Å². The molecule has 0 bridgehead atoms. The van der Waals surface area contributed by atoms with Crippen molar-refractivity contribution in [2.45, 2.75) is 64.6 Å². The standard InChI is InChI=1S/C20H26N2O2/c1-13(2)21-18-8-5-7-16-14(3)22(12-17(16)18)19-11-10-15(23)6-4-9-20(19)24/h5,7-8,13,19,21H,3-4,6,9-12H2,1-2H3. The average Bonchev–Trinajstić information content (AvgIpc) is 2.84. The Hall–Kier alpha value is -2.10. The summed E-state index contributed by atoms with van der Waals surface area (Å²) in [5.41, 5.74) is 4.34. The molecule has 0 saturated heterocycles. The highest BCUT2D eigenvalue weighted by Crippen LogP contribution is 2.39. The van der Waals surface area contributed by atoms with E-state index in [4.69, 9.17) is 0 Å². The fourth-order valence-corrected chi connectivity index (χ4v) is 3.73. The van der Waals surface area contributed by atoms with Crippen molar-refractivity contribution in [1.29, 1.82) is 0 Å². The molecule has 1 aliphatic carbocycles. The smallest absolute Gasteiger partial charge is 0.155 e. The molecule has 4 heteroatoms. The quantitative estimate of drug-likeness (QED) is 0.919. The molecule has 3 rings (SSSR count). The van der Waals surface area contributed by atoms with Crippen LogP contribution in [0.3, 0.4) is 0 Å². The van der Waals surface area contributed by atoms with Crippen LogP contribution in [0.25, 0.3) is 5.70 Å². The van der Waals surface area contributed by atoms with Crippen molar-refractivity contribution in [3.05, 3.63) is 35.9 Å². The number of carbonyl (C=O) groups excluding carboxylic acids is 2. The minimum atomic E-state index is -0.221. The van der Waals surface area contributed by atoms with E-state index in [0.29, 0.717) is 44.7 Å². The Balaban J connectivity index is 1.86. The maximum atomic E-state index is 12.6. The van der Waals surface area contributed by atoms with Crippen molar-refractivity contribution in [3.8, 4) is 0 Å². The molecule has 1 unspecified atom stereocenters. The Morgan fingerprint density at radius 1 is 1.21 bits per heavy atom. The van der Waals surface area contributed by atoms with Gasteiger partial charge in [0.2, 0.25) is 0 Å². The van der Waals surface area contributed by atoms with Crippen LogP contribution in [0.1, 0.15) is 57.1 Å². The lowest BCUT2D eigenvalue weighted by molar-refractivity contribution is -0.126. The van der Waals surface area contributed by atoms with E-state index in [-0.39, 0.29) is 17.6 Å².